The van der Waals surface area contributed by atoms with Crippen LogP contribution in [0.15, 0.2) is 0 Å². The van der Waals surface area contributed by atoms with E-state index < -0.39 is 0 Å². The normalized spacial score (nSPS) is 19.7. The predicted octanol–water partition coefficient (Wildman–Crippen LogP) is 1.20. The van der Waals surface area contributed by atoms with Gasteiger partial charge < -0.3 is 4.90 Å². The van der Waals surface area contributed by atoms with Gasteiger partial charge in [-0.05, 0) is 6.42 Å². The highest BCUT2D eigenvalue weighted by Gasteiger charge is 2.26. The fraction of sp³-hybridized carbons (Fsp3) is 0.700. The Kier molecular flexibility index (Phi) is 3.75. The molecule has 0 aromatic heterocycles. The Hall–Kier alpha value is -0.770. The first-order valence-corrected chi connectivity index (χ1v) is 5.27. The SMILES string of the molecule is CCC(C)C(=S)N1CC(=O)CC(=O)C1. The second-order valence-corrected chi connectivity index (χ2v) is 4.18. The summed E-state index contributed by atoms with van der Waals surface area (Å²) in [5.41, 5.74) is 0. The summed E-state index contributed by atoms with van der Waals surface area (Å²) < 4.78 is 0. The van der Waals surface area contributed by atoms with E-state index in [9.17, 15) is 9.59 Å². The summed E-state index contributed by atoms with van der Waals surface area (Å²) in [4.78, 5) is 24.8. The highest BCUT2D eigenvalue weighted by atomic mass is 32.1. The second-order valence-electron chi connectivity index (χ2n) is 3.76. The van der Waals surface area contributed by atoms with Crippen molar-refractivity contribution in [2.24, 2.45) is 5.92 Å². The number of nitrogens with zero attached hydrogens (tertiary/aromatic N) is 1. The number of likely N-dealkylation sites (tertiary alicyclic amines) is 1. The third-order valence-electron chi connectivity index (χ3n) is 2.47. The molecule has 1 unspecified atom stereocenters. The van der Waals surface area contributed by atoms with Crippen LogP contribution in [0, 0.1) is 5.92 Å². The van der Waals surface area contributed by atoms with E-state index in [1.54, 1.807) is 4.90 Å². The Balaban J connectivity index is 2.63. The van der Waals surface area contributed by atoms with Crippen LogP contribution in [0.5, 0.6) is 0 Å². The molecule has 1 fully saturated rings. The molecule has 0 aromatic rings. The van der Waals surface area contributed by atoms with Crippen molar-refractivity contribution in [2.45, 2.75) is 26.7 Å². The highest BCUT2D eigenvalue weighted by Crippen LogP contribution is 2.12. The molecule has 3 nitrogen and oxygen atoms in total. The van der Waals surface area contributed by atoms with Crippen molar-refractivity contribution in [3.63, 3.8) is 0 Å². The number of thiocarbonyl (C=S) groups is 1. The van der Waals surface area contributed by atoms with Crippen molar-refractivity contribution >= 4 is 28.8 Å². The molecule has 0 aliphatic carbocycles. The quantitative estimate of drug-likeness (QED) is 0.510. The van der Waals surface area contributed by atoms with Crippen LogP contribution in [-0.2, 0) is 9.59 Å². The van der Waals surface area contributed by atoms with E-state index in [0.29, 0.717) is 13.1 Å². The zero-order chi connectivity index (χ0) is 10.7. The van der Waals surface area contributed by atoms with Crippen LogP contribution in [0.3, 0.4) is 0 Å². The first-order valence-electron chi connectivity index (χ1n) is 4.86. The summed E-state index contributed by atoms with van der Waals surface area (Å²) in [6, 6.07) is 0. The van der Waals surface area contributed by atoms with E-state index in [4.69, 9.17) is 12.2 Å². The summed E-state index contributed by atoms with van der Waals surface area (Å²) in [5.74, 6) is 0.225. The first kappa shape index (κ1) is 11.3. The number of rotatable bonds is 2. The molecule has 0 radical (unpaired) electrons. The van der Waals surface area contributed by atoms with Crippen molar-refractivity contribution in [1.82, 2.24) is 4.90 Å². The Morgan fingerprint density at radius 1 is 1.43 bits per heavy atom. The molecule has 0 aromatic carbocycles. The number of Topliss-reactive ketones (excluding diaryl/α,β-unsaturated/α-hetero) is 2. The molecule has 1 rings (SSSR count). The van der Waals surface area contributed by atoms with Crippen molar-refractivity contribution in [2.75, 3.05) is 13.1 Å². The third-order valence-corrected chi connectivity index (χ3v) is 3.13. The van der Waals surface area contributed by atoms with Gasteiger partial charge in [-0.3, -0.25) is 9.59 Å². The van der Waals surface area contributed by atoms with Crippen LogP contribution in [0.2, 0.25) is 0 Å². The molecule has 1 atom stereocenters. The zero-order valence-corrected chi connectivity index (χ0v) is 9.39. The molecular weight excluding hydrogens is 198 g/mol. The fourth-order valence-electron chi connectivity index (χ4n) is 1.46. The number of piperidine rings is 1. The van der Waals surface area contributed by atoms with Crippen molar-refractivity contribution in [3.05, 3.63) is 0 Å². The van der Waals surface area contributed by atoms with E-state index in [2.05, 4.69) is 0 Å². The van der Waals surface area contributed by atoms with E-state index in [-0.39, 0.29) is 23.9 Å². The monoisotopic (exact) mass is 213 g/mol. The van der Waals surface area contributed by atoms with Gasteiger partial charge in [-0.1, -0.05) is 26.1 Å². The molecule has 1 aliphatic heterocycles. The molecule has 0 N–H and O–H groups in total. The van der Waals surface area contributed by atoms with Crippen LogP contribution < -0.4 is 0 Å². The number of hydrogen-bond donors (Lipinski definition) is 0. The average Bonchev–Trinajstić information content (AvgIpc) is 2.14. The third kappa shape index (κ3) is 2.61. The molecule has 1 heterocycles. The Morgan fingerprint density at radius 3 is 2.36 bits per heavy atom. The van der Waals surface area contributed by atoms with Gasteiger partial charge in [0, 0.05) is 5.92 Å². The molecule has 1 saturated heterocycles. The van der Waals surface area contributed by atoms with Crippen LogP contribution in [0.1, 0.15) is 26.7 Å². The van der Waals surface area contributed by atoms with Crippen molar-refractivity contribution in [1.29, 1.82) is 0 Å². The smallest absolute Gasteiger partial charge is 0.159 e. The highest BCUT2D eigenvalue weighted by molar-refractivity contribution is 7.80. The molecular formula is C10H15NO2S. The fourth-order valence-corrected chi connectivity index (χ4v) is 1.75. The minimum absolute atomic E-state index is 0.0214. The van der Waals surface area contributed by atoms with E-state index in [1.807, 2.05) is 13.8 Å². The average molecular weight is 213 g/mol. The lowest BCUT2D eigenvalue weighted by Gasteiger charge is -2.29. The van der Waals surface area contributed by atoms with Gasteiger partial charge in [0.25, 0.3) is 0 Å². The van der Waals surface area contributed by atoms with E-state index >= 15 is 0 Å². The summed E-state index contributed by atoms with van der Waals surface area (Å²) >= 11 is 5.22. The molecule has 0 amide bonds. The van der Waals surface area contributed by atoms with Gasteiger partial charge in [0.05, 0.1) is 24.5 Å². The van der Waals surface area contributed by atoms with E-state index in [0.717, 1.165) is 11.4 Å². The second kappa shape index (κ2) is 4.64. The predicted molar refractivity (Wildman–Crippen MR) is 58.3 cm³/mol. The van der Waals surface area contributed by atoms with Crippen LogP contribution in [0.4, 0.5) is 0 Å². The first-order chi connectivity index (χ1) is 6.54. The summed E-state index contributed by atoms with van der Waals surface area (Å²) in [6.45, 7) is 4.69. The Bertz CT molecular complexity index is 259. The van der Waals surface area contributed by atoms with Crippen LogP contribution >= 0.6 is 12.2 Å². The van der Waals surface area contributed by atoms with Crippen LogP contribution in [0.25, 0.3) is 0 Å². The number of hydrogen-bond acceptors (Lipinski definition) is 3. The van der Waals surface area contributed by atoms with Gasteiger partial charge >= 0.3 is 0 Å². The van der Waals surface area contributed by atoms with Gasteiger partial charge in [0.1, 0.15) is 0 Å². The van der Waals surface area contributed by atoms with Gasteiger partial charge in [0.2, 0.25) is 0 Å². The lowest BCUT2D eigenvalue weighted by molar-refractivity contribution is -0.130. The summed E-state index contributed by atoms with van der Waals surface area (Å²) in [7, 11) is 0. The van der Waals surface area contributed by atoms with Gasteiger partial charge in [-0.15, -0.1) is 0 Å². The van der Waals surface area contributed by atoms with Gasteiger partial charge in [0.15, 0.2) is 11.6 Å². The maximum Gasteiger partial charge on any atom is 0.159 e. The minimum Gasteiger partial charge on any atom is -0.351 e. The number of carbonyl (C=O) groups excluding carboxylic acids is 2. The molecule has 4 heteroatoms. The maximum atomic E-state index is 11.2. The molecule has 0 saturated carbocycles. The minimum atomic E-state index is -0.0214. The Labute approximate surface area is 89.5 Å². The summed E-state index contributed by atoms with van der Waals surface area (Å²) in [5, 5.41) is 0. The number of carbonyl (C=O) groups is 2. The summed E-state index contributed by atoms with van der Waals surface area (Å²) in [6.07, 6.45) is 1.03. The molecule has 0 bridgehead atoms. The van der Waals surface area contributed by atoms with Crippen LogP contribution in [-0.4, -0.2) is 34.5 Å². The van der Waals surface area contributed by atoms with Gasteiger partial charge in [-0.25, -0.2) is 0 Å². The van der Waals surface area contributed by atoms with E-state index in [1.165, 1.54) is 0 Å². The van der Waals surface area contributed by atoms with Crippen molar-refractivity contribution < 1.29 is 9.59 Å². The van der Waals surface area contributed by atoms with Crippen molar-refractivity contribution in [3.8, 4) is 0 Å². The largest absolute Gasteiger partial charge is 0.351 e. The lowest BCUT2D eigenvalue weighted by atomic mass is 10.0. The number of ketones is 2. The molecule has 1 aliphatic rings. The molecule has 0 spiro atoms. The topological polar surface area (TPSA) is 37.4 Å². The molecule has 14 heavy (non-hydrogen) atoms. The zero-order valence-electron chi connectivity index (χ0n) is 8.58. The Morgan fingerprint density at radius 2 is 1.93 bits per heavy atom. The maximum absolute atomic E-state index is 11.2. The standard InChI is InChI=1S/C10H15NO2S/c1-3-7(2)10(14)11-5-8(12)4-9(13)6-11/h7H,3-6H2,1-2H3. The molecule has 78 valence electrons. The van der Waals surface area contributed by atoms with Gasteiger partial charge in [-0.2, -0.15) is 0 Å². The lowest BCUT2D eigenvalue weighted by Crippen LogP contribution is -2.45.